The molecular formula is C12H16BrClFNO. The number of halogens is 3. The third-order valence-corrected chi connectivity index (χ3v) is 3.22. The summed E-state index contributed by atoms with van der Waals surface area (Å²) in [7, 11) is 1.86. The molecule has 0 amide bonds. The van der Waals surface area contributed by atoms with Gasteiger partial charge >= 0.3 is 0 Å². The molecule has 5 heteroatoms. The van der Waals surface area contributed by atoms with Crippen molar-refractivity contribution in [1.82, 2.24) is 5.32 Å². The number of nitrogens with one attached hydrogen (secondary N) is 1. The highest BCUT2D eigenvalue weighted by atomic mass is 79.9. The van der Waals surface area contributed by atoms with Crippen LogP contribution in [0.1, 0.15) is 19.8 Å². The van der Waals surface area contributed by atoms with Crippen LogP contribution in [0.5, 0.6) is 5.75 Å². The highest BCUT2D eigenvalue weighted by Crippen LogP contribution is 2.31. The van der Waals surface area contributed by atoms with E-state index in [1.807, 2.05) is 7.05 Å². The SMILES string of the molecule is CCCC(CNC)Oc1cc(F)c(Cl)cc1Br. The summed E-state index contributed by atoms with van der Waals surface area (Å²) in [5.41, 5.74) is 0. The molecule has 17 heavy (non-hydrogen) atoms. The first-order chi connectivity index (χ1) is 8.08. The molecule has 1 aromatic carbocycles. The van der Waals surface area contributed by atoms with Crippen molar-refractivity contribution in [2.45, 2.75) is 25.9 Å². The second-order valence-corrected chi connectivity index (χ2v) is 5.04. The molecule has 0 aliphatic rings. The topological polar surface area (TPSA) is 21.3 Å². The maximum absolute atomic E-state index is 13.3. The summed E-state index contributed by atoms with van der Waals surface area (Å²) in [6.45, 7) is 2.81. The Labute approximate surface area is 115 Å². The summed E-state index contributed by atoms with van der Waals surface area (Å²) < 4.78 is 19.8. The van der Waals surface area contributed by atoms with Crippen LogP contribution in [-0.2, 0) is 0 Å². The van der Waals surface area contributed by atoms with Crippen LogP contribution < -0.4 is 10.1 Å². The molecule has 96 valence electrons. The van der Waals surface area contributed by atoms with Gasteiger partial charge in [-0.05, 0) is 35.5 Å². The van der Waals surface area contributed by atoms with Crippen LogP contribution in [0.3, 0.4) is 0 Å². The van der Waals surface area contributed by atoms with Crippen molar-refractivity contribution in [3.05, 3.63) is 27.4 Å². The Hall–Kier alpha value is -0.320. The molecule has 1 aromatic rings. The number of ether oxygens (including phenoxy) is 1. The van der Waals surface area contributed by atoms with Crippen molar-refractivity contribution < 1.29 is 9.13 Å². The summed E-state index contributed by atoms with van der Waals surface area (Å²) in [5, 5.41) is 3.15. The number of hydrogen-bond donors (Lipinski definition) is 1. The zero-order valence-electron chi connectivity index (χ0n) is 9.90. The first-order valence-corrected chi connectivity index (χ1v) is 6.71. The molecular weight excluding hydrogens is 308 g/mol. The molecule has 0 fully saturated rings. The van der Waals surface area contributed by atoms with Crippen LogP contribution in [-0.4, -0.2) is 19.7 Å². The maximum Gasteiger partial charge on any atom is 0.145 e. The van der Waals surface area contributed by atoms with Crippen LogP contribution in [0.25, 0.3) is 0 Å². The molecule has 2 nitrogen and oxygen atoms in total. The number of likely N-dealkylation sites (N-methyl/N-ethyl adjacent to an activating group) is 1. The van der Waals surface area contributed by atoms with Crippen LogP contribution in [0.2, 0.25) is 5.02 Å². The second kappa shape index (κ2) is 7.19. The maximum atomic E-state index is 13.3. The molecule has 0 bridgehead atoms. The lowest BCUT2D eigenvalue weighted by Crippen LogP contribution is -2.29. The van der Waals surface area contributed by atoms with Gasteiger partial charge < -0.3 is 10.1 Å². The predicted octanol–water partition coefficient (Wildman–Crippen LogP) is 4.01. The third-order valence-electron chi connectivity index (χ3n) is 2.31. The summed E-state index contributed by atoms with van der Waals surface area (Å²) in [5.74, 6) is 0.0187. The van der Waals surface area contributed by atoms with E-state index in [0.717, 1.165) is 19.4 Å². The molecule has 0 saturated heterocycles. The lowest BCUT2D eigenvalue weighted by atomic mass is 10.2. The van der Waals surface area contributed by atoms with Crippen LogP contribution in [0.4, 0.5) is 4.39 Å². The molecule has 0 aromatic heterocycles. The number of rotatable bonds is 6. The van der Waals surface area contributed by atoms with Crippen molar-refractivity contribution >= 4 is 27.5 Å². The summed E-state index contributed by atoms with van der Waals surface area (Å²) in [6, 6.07) is 2.82. The average molecular weight is 325 g/mol. The Morgan fingerprint density at radius 1 is 1.53 bits per heavy atom. The van der Waals surface area contributed by atoms with Crippen LogP contribution in [0, 0.1) is 5.82 Å². The lowest BCUT2D eigenvalue weighted by molar-refractivity contribution is 0.187. The molecule has 1 unspecified atom stereocenters. The Kier molecular flexibility index (Phi) is 6.23. The van der Waals surface area contributed by atoms with Crippen molar-refractivity contribution in [2.75, 3.05) is 13.6 Å². The first-order valence-electron chi connectivity index (χ1n) is 5.54. The molecule has 1 rings (SSSR count). The van der Waals surface area contributed by atoms with E-state index in [0.29, 0.717) is 10.2 Å². The van der Waals surface area contributed by atoms with E-state index in [1.165, 1.54) is 12.1 Å². The van der Waals surface area contributed by atoms with Gasteiger partial charge in [-0.1, -0.05) is 24.9 Å². The normalized spacial score (nSPS) is 12.5. The van der Waals surface area contributed by atoms with Gasteiger partial charge in [-0.15, -0.1) is 0 Å². The fourth-order valence-electron chi connectivity index (χ4n) is 1.53. The van der Waals surface area contributed by atoms with Crippen molar-refractivity contribution in [3.63, 3.8) is 0 Å². The zero-order valence-corrected chi connectivity index (χ0v) is 12.2. The van der Waals surface area contributed by atoms with E-state index >= 15 is 0 Å². The van der Waals surface area contributed by atoms with Gasteiger partial charge in [0.15, 0.2) is 0 Å². The minimum Gasteiger partial charge on any atom is -0.488 e. The second-order valence-electron chi connectivity index (χ2n) is 3.78. The molecule has 0 aliphatic heterocycles. The van der Waals surface area contributed by atoms with Crippen molar-refractivity contribution in [3.8, 4) is 5.75 Å². The fraction of sp³-hybridized carbons (Fsp3) is 0.500. The number of hydrogen-bond acceptors (Lipinski definition) is 2. The van der Waals surface area contributed by atoms with Crippen molar-refractivity contribution in [2.24, 2.45) is 0 Å². The van der Waals surface area contributed by atoms with Crippen molar-refractivity contribution in [1.29, 1.82) is 0 Å². The Balaban J connectivity index is 2.81. The Bertz CT molecular complexity index is 370. The van der Waals surface area contributed by atoms with Gasteiger partial charge in [-0.2, -0.15) is 0 Å². The molecule has 0 aliphatic carbocycles. The molecule has 0 radical (unpaired) electrons. The van der Waals surface area contributed by atoms with E-state index in [1.54, 1.807) is 0 Å². The van der Waals surface area contributed by atoms with Gasteiger partial charge in [0.25, 0.3) is 0 Å². The van der Waals surface area contributed by atoms with E-state index in [9.17, 15) is 4.39 Å². The molecule has 0 saturated carbocycles. The number of benzene rings is 1. The fourth-order valence-corrected chi connectivity index (χ4v) is 2.26. The van der Waals surface area contributed by atoms with Gasteiger partial charge in [-0.3, -0.25) is 0 Å². The molecule has 1 N–H and O–H groups in total. The quantitative estimate of drug-likeness (QED) is 0.798. The smallest absolute Gasteiger partial charge is 0.145 e. The highest BCUT2D eigenvalue weighted by molar-refractivity contribution is 9.10. The van der Waals surface area contributed by atoms with Crippen LogP contribution >= 0.6 is 27.5 Å². The minimum atomic E-state index is -0.468. The monoisotopic (exact) mass is 323 g/mol. The molecule has 1 atom stereocenters. The van der Waals surface area contributed by atoms with E-state index in [2.05, 4.69) is 28.2 Å². The highest BCUT2D eigenvalue weighted by Gasteiger charge is 2.13. The Morgan fingerprint density at radius 3 is 2.82 bits per heavy atom. The van der Waals surface area contributed by atoms with Crippen LogP contribution in [0.15, 0.2) is 16.6 Å². The summed E-state index contributed by atoms with van der Waals surface area (Å²) >= 11 is 8.99. The van der Waals surface area contributed by atoms with Gasteiger partial charge in [0.1, 0.15) is 17.7 Å². The Morgan fingerprint density at radius 2 is 2.24 bits per heavy atom. The lowest BCUT2D eigenvalue weighted by Gasteiger charge is -2.19. The standard InChI is InChI=1S/C12H16BrClFNO/c1-3-4-8(7-16-2)17-12-6-11(15)10(14)5-9(12)13/h5-6,8,16H,3-4,7H2,1-2H3. The molecule has 0 spiro atoms. The summed E-state index contributed by atoms with van der Waals surface area (Å²) in [4.78, 5) is 0. The molecule has 0 heterocycles. The van der Waals surface area contributed by atoms with Gasteiger partial charge in [0.05, 0.1) is 9.50 Å². The zero-order chi connectivity index (χ0) is 12.8. The largest absolute Gasteiger partial charge is 0.488 e. The third kappa shape index (κ3) is 4.45. The van der Waals surface area contributed by atoms with Gasteiger partial charge in [0.2, 0.25) is 0 Å². The first kappa shape index (κ1) is 14.7. The van der Waals surface area contributed by atoms with E-state index < -0.39 is 5.82 Å². The predicted molar refractivity (Wildman–Crippen MR) is 72.4 cm³/mol. The van der Waals surface area contributed by atoms with E-state index in [-0.39, 0.29) is 11.1 Å². The van der Waals surface area contributed by atoms with Gasteiger partial charge in [-0.25, -0.2) is 4.39 Å². The minimum absolute atomic E-state index is 0.0295. The summed E-state index contributed by atoms with van der Waals surface area (Å²) in [6.07, 6.45) is 1.96. The van der Waals surface area contributed by atoms with E-state index in [4.69, 9.17) is 16.3 Å². The van der Waals surface area contributed by atoms with Gasteiger partial charge in [0, 0.05) is 12.6 Å². The average Bonchev–Trinajstić information content (AvgIpc) is 2.26.